The number of hydrogen-bond acceptors (Lipinski definition) is 3. The van der Waals surface area contributed by atoms with Crippen LogP contribution in [0.3, 0.4) is 0 Å². The van der Waals surface area contributed by atoms with Crippen molar-refractivity contribution in [1.29, 1.82) is 0 Å². The third-order valence-corrected chi connectivity index (χ3v) is 1.42. The highest BCUT2D eigenvalue weighted by molar-refractivity contribution is 5.77. The highest BCUT2D eigenvalue weighted by atomic mass is 16.5. The van der Waals surface area contributed by atoms with Crippen molar-refractivity contribution in [2.45, 2.75) is 33.2 Å². The van der Waals surface area contributed by atoms with E-state index < -0.39 is 0 Å². The Hall–Kier alpha value is -0.610. The van der Waals surface area contributed by atoms with Gasteiger partial charge in [0, 0.05) is 12.1 Å². The Morgan fingerprint density at radius 3 is 2.50 bits per heavy atom. The maximum Gasteiger partial charge on any atom is 0.246 e. The first-order chi connectivity index (χ1) is 6.45. The molecule has 1 amide bonds. The standard InChI is InChI=1S/C10H22N2O2/c1-5-11-6-7-14-8-9(13)12-10(2,3)4/h11H,5-8H2,1-4H3,(H,12,13). The van der Waals surface area contributed by atoms with Crippen LogP contribution in [0.1, 0.15) is 27.7 Å². The molecule has 0 aliphatic rings. The molecule has 0 spiro atoms. The van der Waals surface area contributed by atoms with E-state index >= 15 is 0 Å². The Morgan fingerprint density at radius 2 is 2.00 bits per heavy atom. The molecule has 0 heterocycles. The normalized spacial score (nSPS) is 11.4. The first kappa shape index (κ1) is 13.4. The van der Waals surface area contributed by atoms with Gasteiger partial charge in [0.15, 0.2) is 0 Å². The van der Waals surface area contributed by atoms with Crippen LogP contribution in [-0.2, 0) is 9.53 Å². The molecule has 4 heteroatoms. The SMILES string of the molecule is CCNCCOCC(=O)NC(C)(C)C. The van der Waals surface area contributed by atoms with Gasteiger partial charge in [0.2, 0.25) is 5.91 Å². The van der Waals surface area contributed by atoms with Crippen molar-refractivity contribution in [3.05, 3.63) is 0 Å². The van der Waals surface area contributed by atoms with E-state index in [0.29, 0.717) is 6.61 Å². The Balaban J connectivity index is 3.36. The number of amides is 1. The zero-order valence-electron chi connectivity index (χ0n) is 9.64. The van der Waals surface area contributed by atoms with Crippen molar-refractivity contribution in [3.63, 3.8) is 0 Å². The van der Waals surface area contributed by atoms with Crippen molar-refractivity contribution in [1.82, 2.24) is 10.6 Å². The number of likely N-dealkylation sites (N-methyl/N-ethyl adjacent to an activating group) is 1. The summed E-state index contributed by atoms with van der Waals surface area (Å²) in [5.74, 6) is -0.0611. The summed E-state index contributed by atoms with van der Waals surface area (Å²) < 4.78 is 5.17. The van der Waals surface area contributed by atoms with Gasteiger partial charge in [0.1, 0.15) is 6.61 Å². The molecule has 2 N–H and O–H groups in total. The van der Waals surface area contributed by atoms with E-state index in [0.717, 1.165) is 13.1 Å². The number of hydrogen-bond donors (Lipinski definition) is 2. The molecule has 0 aromatic rings. The van der Waals surface area contributed by atoms with Crippen LogP contribution in [0.2, 0.25) is 0 Å². The highest BCUT2D eigenvalue weighted by Crippen LogP contribution is 1.97. The fraction of sp³-hybridized carbons (Fsp3) is 0.900. The fourth-order valence-electron chi connectivity index (χ4n) is 0.940. The van der Waals surface area contributed by atoms with Crippen molar-refractivity contribution in [3.8, 4) is 0 Å². The maximum absolute atomic E-state index is 11.2. The van der Waals surface area contributed by atoms with Crippen molar-refractivity contribution < 1.29 is 9.53 Å². The molecule has 0 radical (unpaired) electrons. The third-order valence-electron chi connectivity index (χ3n) is 1.42. The number of carbonyl (C=O) groups excluding carboxylic acids is 1. The van der Waals surface area contributed by atoms with E-state index in [1.54, 1.807) is 0 Å². The average molecular weight is 202 g/mol. The summed E-state index contributed by atoms with van der Waals surface area (Å²) in [6.45, 7) is 10.3. The van der Waals surface area contributed by atoms with Crippen LogP contribution < -0.4 is 10.6 Å². The number of carbonyl (C=O) groups is 1. The molecule has 0 aliphatic carbocycles. The Kier molecular flexibility index (Phi) is 6.49. The van der Waals surface area contributed by atoms with Gasteiger partial charge in [-0.15, -0.1) is 0 Å². The van der Waals surface area contributed by atoms with Crippen molar-refractivity contribution >= 4 is 5.91 Å². The predicted octanol–water partition coefficient (Wildman–Crippen LogP) is 0.527. The topological polar surface area (TPSA) is 50.4 Å². The van der Waals surface area contributed by atoms with Gasteiger partial charge in [-0.25, -0.2) is 0 Å². The summed E-state index contributed by atoms with van der Waals surface area (Å²) in [6.07, 6.45) is 0. The smallest absolute Gasteiger partial charge is 0.246 e. The molecule has 0 saturated carbocycles. The van der Waals surface area contributed by atoms with Crippen LogP contribution in [-0.4, -0.2) is 37.7 Å². The minimum Gasteiger partial charge on any atom is -0.370 e. The lowest BCUT2D eigenvalue weighted by atomic mass is 10.1. The summed E-state index contributed by atoms with van der Waals surface area (Å²) in [7, 11) is 0. The van der Waals surface area contributed by atoms with E-state index in [1.807, 2.05) is 27.7 Å². The second-order valence-electron chi connectivity index (χ2n) is 4.20. The molecule has 0 aliphatic heterocycles. The number of ether oxygens (including phenoxy) is 1. The van der Waals surface area contributed by atoms with E-state index in [4.69, 9.17) is 4.74 Å². The summed E-state index contributed by atoms with van der Waals surface area (Å²) in [6, 6.07) is 0. The molecule has 0 aromatic carbocycles. The second-order valence-corrected chi connectivity index (χ2v) is 4.20. The minimum absolute atomic E-state index is 0.0611. The molecular formula is C10H22N2O2. The van der Waals surface area contributed by atoms with Crippen molar-refractivity contribution in [2.24, 2.45) is 0 Å². The third kappa shape index (κ3) is 9.48. The van der Waals surface area contributed by atoms with Crippen LogP contribution in [0.15, 0.2) is 0 Å². The number of nitrogens with one attached hydrogen (secondary N) is 2. The largest absolute Gasteiger partial charge is 0.370 e. The van der Waals surface area contributed by atoms with Gasteiger partial charge < -0.3 is 15.4 Å². The lowest BCUT2D eigenvalue weighted by Crippen LogP contribution is -2.42. The average Bonchev–Trinajstić information content (AvgIpc) is 2.00. The van der Waals surface area contributed by atoms with Gasteiger partial charge in [0.25, 0.3) is 0 Å². The van der Waals surface area contributed by atoms with E-state index in [1.165, 1.54) is 0 Å². The second kappa shape index (κ2) is 6.79. The summed E-state index contributed by atoms with van der Waals surface area (Å²) in [5, 5.41) is 5.94. The van der Waals surface area contributed by atoms with Crippen LogP contribution >= 0.6 is 0 Å². The molecule has 14 heavy (non-hydrogen) atoms. The first-order valence-electron chi connectivity index (χ1n) is 5.05. The van der Waals surface area contributed by atoms with E-state index in [9.17, 15) is 4.79 Å². The molecule has 0 atom stereocenters. The number of rotatable bonds is 6. The molecule has 0 saturated heterocycles. The van der Waals surface area contributed by atoms with Gasteiger partial charge in [-0.1, -0.05) is 6.92 Å². The molecule has 4 nitrogen and oxygen atoms in total. The lowest BCUT2D eigenvalue weighted by Gasteiger charge is -2.20. The fourth-order valence-corrected chi connectivity index (χ4v) is 0.940. The van der Waals surface area contributed by atoms with Crippen LogP contribution in [0.25, 0.3) is 0 Å². The van der Waals surface area contributed by atoms with Crippen LogP contribution in [0, 0.1) is 0 Å². The monoisotopic (exact) mass is 202 g/mol. The van der Waals surface area contributed by atoms with Gasteiger partial charge in [-0.05, 0) is 27.3 Å². The Labute approximate surface area is 86.4 Å². The van der Waals surface area contributed by atoms with E-state index in [2.05, 4.69) is 10.6 Å². The molecule has 0 bridgehead atoms. The van der Waals surface area contributed by atoms with E-state index in [-0.39, 0.29) is 18.1 Å². The van der Waals surface area contributed by atoms with Crippen LogP contribution in [0.5, 0.6) is 0 Å². The lowest BCUT2D eigenvalue weighted by molar-refractivity contribution is -0.127. The molecule has 0 fully saturated rings. The maximum atomic E-state index is 11.2. The summed E-state index contributed by atoms with van der Waals surface area (Å²) in [5.41, 5.74) is -0.178. The van der Waals surface area contributed by atoms with Gasteiger partial charge >= 0.3 is 0 Å². The molecule has 0 unspecified atom stereocenters. The zero-order valence-corrected chi connectivity index (χ0v) is 9.64. The Bertz CT molecular complexity index is 164. The predicted molar refractivity (Wildman–Crippen MR) is 57.3 cm³/mol. The highest BCUT2D eigenvalue weighted by Gasteiger charge is 2.12. The van der Waals surface area contributed by atoms with Gasteiger partial charge in [-0.3, -0.25) is 4.79 Å². The zero-order chi connectivity index (χ0) is 11.0. The summed E-state index contributed by atoms with van der Waals surface area (Å²) in [4.78, 5) is 11.2. The van der Waals surface area contributed by atoms with Crippen molar-refractivity contribution in [2.75, 3.05) is 26.3 Å². The molecule has 0 aromatic heterocycles. The van der Waals surface area contributed by atoms with Crippen LogP contribution in [0.4, 0.5) is 0 Å². The summed E-state index contributed by atoms with van der Waals surface area (Å²) >= 11 is 0. The molecule has 84 valence electrons. The molecular weight excluding hydrogens is 180 g/mol. The minimum atomic E-state index is -0.178. The molecule has 0 rings (SSSR count). The first-order valence-corrected chi connectivity index (χ1v) is 5.05. The Morgan fingerprint density at radius 1 is 1.36 bits per heavy atom. The quantitative estimate of drug-likeness (QED) is 0.618. The van der Waals surface area contributed by atoms with Gasteiger partial charge in [0.05, 0.1) is 6.61 Å². The van der Waals surface area contributed by atoms with Gasteiger partial charge in [-0.2, -0.15) is 0 Å².